The number of hydrogen-bond donors (Lipinski definition) is 4. The molecular formula is C70H102N6O4. The minimum atomic E-state index is -0.277. The second kappa shape index (κ2) is 24.3. The summed E-state index contributed by atoms with van der Waals surface area (Å²) in [4.78, 5) is 25.7. The molecule has 7 rings (SSSR count). The van der Waals surface area contributed by atoms with Crippen LogP contribution in [0.1, 0.15) is 243 Å². The molecule has 436 valence electrons. The van der Waals surface area contributed by atoms with Gasteiger partial charge in [-0.05, 0) is 105 Å². The predicted molar refractivity (Wildman–Crippen MR) is 338 cm³/mol. The summed E-state index contributed by atoms with van der Waals surface area (Å²) in [7, 11) is 0. The molecule has 0 spiro atoms. The minimum absolute atomic E-state index is 0.0243. The van der Waals surface area contributed by atoms with Gasteiger partial charge < -0.3 is 20.4 Å². The van der Waals surface area contributed by atoms with Crippen LogP contribution in [-0.2, 0) is 45.6 Å². The monoisotopic (exact) mass is 1090 g/mol. The molecule has 4 aromatic rings. The van der Waals surface area contributed by atoms with Crippen molar-refractivity contribution in [3.05, 3.63) is 115 Å². The van der Waals surface area contributed by atoms with E-state index in [9.17, 15) is 20.4 Å². The molecule has 4 aromatic carbocycles. The molecule has 0 aromatic heterocycles. The van der Waals surface area contributed by atoms with Crippen molar-refractivity contribution in [1.82, 2.24) is 9.80 Å². The number of aromatic hydroxyl groups is 4. The lowest BCUT2D eigenvalue weighted by Crippen LogP contribution is -2.45. The van der Waals surface area contributed by atoms with Gasteiger partial charge in [0.1, 0.15) is 23.0 Å². The Morgan fingerprint density at radius 2 is 0.588 bits per heavy atom. The van der Waals surface area contributed by atoms with E-state index < -0.39 is 0 Å². The molecule has 3 aliphatic rings. The van der Waals surface area contributed by atoms with Crippen molar-refractivity contribution < 1.29 is 20.4 Å². The first-order valence-corrected chi connectivity index (χ1v) is 30.1. The summed E-state index contributed by atoms with van der Waals surface area (Å²) in [5, 5.41) is 46.7. The third kappa shape index (κ3) is 15.6. The van der Waals surface area contributed by atoms with Crippen molar-refractivity contribution in [1.29, 1.82) is 0 Å². The predicted octanol–water partition coefficient (Wildman–Crippen LogP) is 15.3. The summed E-state index contributed by atoms with van der Waals surface area (Å²) in [6.07, 6.45) is 15.6. The Hall–Kier alpha value is -5.32. The number of benzene rings is 4. The van der Waals surface area contributed by atoms with Crippen LogP contribution in [0.5, 0.6) is 23.0 Å². The first kappa shape index (κ1) is 62.3. The van der Waals surface area contributed by atoms with E-state index in [2.05, 4.69) is 183 Å². The van der Waals surface area contributed by atoms with E-state index in [1.807, 2.05) is 24.9 Å². The van der Waals surface area contributed by atoms with Gasteiger partial charge in [0.05, 0.1) is 24.2 Å². The zero-order valence-corrected chi connectivity index (χ0v) is 52.6. The van der Waals surface area contributed by atoms with E-state index in [4.69, 9.17) is 20.0 Å². The van der Waals surface area contributed by atoms with Gasteiger partial charge in [-0.3, -0.25) is 29.8 Å². The Balaban J connectivity index is 1.05. The molecule has 0 unspecified atom stereocenters. The number of aliphatic imine (C=N–C) groups is 4. The van der Waals surface area contributed by atoms with Crippen LogP contribution < -0.4 is 0 Å². The minimum Gasteiger partial charge on any atom is -0.507 e. The summed E-state index contributed by atoms with van der Waals surface area (Å²) in [5.41, 5.74) is 10.2. The number of phenols is 4. The Morgan fingerprint density at radius 3 is 0.825 bits per heavy atom. The number of nitrogens with zero attached hydrogens (tertiary/aromatic N) is 6. The maximum atomic E-state index is 11.8. The zero-order chi connectivity index (χ0) is 58.9. The standard InChI is InChI=1S/C70H102N6O4/c1-65(2,3)51-35-49(63(79)55(37-51)69(13,14)15)41-73-59-25-21-19-23-57(59)71-39-47-31-45(33-53(61(47)77)67(7,8)9)43-75-27-29-76(30-28-75)44-46-32-48(62(78)54(34-46)68(10,11)12)40-72-58-24-20-22-26-60(58)74-42-50-36-52(66(4,5)6)38-56(64(50)80)70(16,17)18/h31-42,57-60,77-80H,19-30,43-44H2,1-18H3/t57-,58-,59-,60-/m0/s1. The molecule has 3 fully saturated rings. The molecule has 0 bridgehead atoms. The molecule has 0 amide bonds. The molecule has 1 aliphatic heterocycles. The molecule has 10 heteroatoms. The van der Waals surface area contributed by atoms with Crippen LogP contribution in [0.4, 0.5) is 0 Å². The highest BCUT2D eigenvalue weighted by atomic mass is 16.3. The normalized spacial score (nSPS) is 21.0. The third-order valence-corrected chi connectivity index (χ3v) is 16.9. The first-order chi connectivity index (χ1) is 37.1. The summed E-state index contributed by atoms with van der Waals surface area (Å²) in [6, 6.07) is 17.0. The van der Waals surface area contributed by atoms with E-state index in [1.165, 1.54) is 11.1 Å². The van der Waals surface area contributed by atoms with Crippen molar-refractivity contribution in [3.63, 3.8) is 0 Å². The van der Waals surface area contributed by atoms with Crippen molar-refractivity contribution in [2.75, 3.05) is 26.2 Å². The van der Waals surface area contributed by atoms with E-state index in [0.717, 1.165) is 146 Å². The molecule has 2 aliphatic carbocycles. The lowest BCUT2D eigenvalue weighted by molar-refractivity contribution is 0.122. The van der Waals surface area contributed by atoms with Gasteiger partial charge >= 0.3 is 0 Å². The molecule has 10 nitrogen and oxygen atoms in total. The van der Waals surface area contributed by atoms with Gasteiger partial charge in [-0.25, -0.2) is 0 Å². The largest absolute Gasteiger partial charge is 0.507 e. The average Bonchev–Trinajstić information content (AvgIpc) is 3.34. The van der Waals surface area contributed by atoms with Crippen molar-refractivity contribution in [2.45, 2.75) is 246 Å². The van der Waals surface area contributed by atoms with Crippen LogP contribution in [0.2, 0.25) is 0 Å². The van der Waals surface area contributed by atoms with Crippen molar-refractivity contribution >= 4 is 24.9 Å². The second-order valence-corrected chi connectivity index (χ2v) is 30.1. The number of piperazine rings is 1. The summed E-state index contributed by atoms with van der Waals surface area (Å²) in [6.45, 7) is 44.2. The van der Waals surface area contributed by atoms with Gasteiger partial charge in [0.15, 0.2) is 0 Å². The van der Waals surface area contributed by atoms with Gasteiger partial charge in [-0.2, -0.15) is 0 Å². The quantitative estimate of drug-likeness (QED) is 0.104. The summed E-state index contributed by atoms with van der Waals surface area (Å²) in [5.74, 6) is 1.18. The fraction of sp³-hybridized carbons (Fsp3) is 0.600. The highest BCUT2D eigenvalue weighted by Crippen LogP contribution is 2.41. The Kier molecular flexibility index (Phi) is 18.9. The smallest absolute Gasteiger partial charge is 0.128 e. The van der Waals surface area contributed by atoms with Crippen LogP contribution in [0.3, 0.4) is 0 Å². The SMILES string of the molecule is CC(C)(C)c1cc(C=N[C@H]2CCCC[C@@H]2N=Cc2cc(CN3CCN(Cc4cc(C=N[C@H]5CCCC[C@@H]5N=Cc5cc(C(C)(C)C)cc(C(C)(C)C)c5O)c(O)c(C(C)(C)C)c4)CC3)cc(C(C)(C)C)c2O)c(O)c(C(C)(C)C)c1. The Morgan fingerprint density at radius 1 is 0.350 bits per heavy atom. The Labute approximate surface area is 483 Å². The lowest BCUT2D eigenvalue weighted by atomic mass is 9.79. The molecule has 1 heterocycles. The molecule has 4 N–H and O–H groups in total. The van der Waals surface area contributed by atoms with Gasteiger partial charge in [-0.1, -0.05) is 175 Å². The summed E-state index contributed by atoms with van der Waals surface area (Å²) < 4.78 is 0. The van der Waals surface area contributed by atoms with Gasteiger partial charge in [0.25, 0.3) is 0 Å². The van der Waals surface area contributed by atoms with Crippen LogP contribution >= 0.6 is 0 Å². The second-order valence-electron chi connectivity index (χ2n) is 30.1. The number of hydrogen-bond acceptors (Lipinski definition) is 10. The van der Waals surface area contributed by atoms with Crippen LogP contribution in [0, 0.1) is 0 Å². The fourth-order valence-electron chi connectivity index (χ4n) is 11.7. The van der Waals surface area contributed by atoms with Gasteiger partial charge in [0, 0.05) is 109 Å². The molecule has 80 heavy (non-hydrogen) atoms. The van der Waals surface area contributed by atoms with Gasteiger partial charge in [-0.15, -0.1) is 0 Å². The molecular weight excluding hydrogens is 989 g/mol. The maximum Gasteiger partial charge on any atom is 0.128 e. The van der Waals surface area contributed by atoms with E-state index in [-0.39, 0.29) is 68.2 Å². The van der Waals surface area contributed by atoms with E-state index >= 15 is 0 Å². The van der Waals surface area contributed by atoms with E-state index in [0.29, 0.717) is 11.5 Å². The average molecular weight is 1090 g/mol. The fourth-order valence-corrected chi connectivity index (χ4v) is 11.7. The van der Waals surface area contributed by atoms with Gasteiger partial charge in [0.2, 0.25) is 0 Å². The topological polar surface area (TPSA) is 137 Å². The third-order valence-electron chi connectivity index (χ3n) is 16.9. The Bertz CT molecular complexity index is 2730. The molecule has 4 atom stereocenters. The lowest BCUT2D eigenvalue weighted by Gasteiger charge is -2.35. The maximum absolute atomic E-state index is 11.8. The first-order valence-electron chi connectivity index (χ1n) is 30.1. The zero-order valence-electron chi connectivity index (χ0n) is 52.6. The molecule has 1 saturated heterocycles. The highest BCUT2D eigenvalue weighted by molar-refractivity contribution is 5.87. The van der Waals surface area contributed by atoms with Crippen LogP contribution in [0.25, 0.3) is 0 Å². The van der Waals surface area contributed by atoms with Crippen LogP contribution in [0.15, 0.2) is 68.5 Å². The van der Waals surface area contributed by atoms with Crippen molar-refractivity contribution in [2.24, 2.45) is 20.0 Å². The molecule has 2 saturated carbocycles. The number of phenolic OH excluding ortho intramolecular Hbond substituents is 4. The number of rotatable bonds is 12. The molecule has 0 radical (unpaired) electrons. The van der Waals surface area contributed by atoms with Crippen LogP contribution in [-0.4, -0.2) is 105 Å². The van der Waals surface area contributed by atoms with E-state index in [1.54, 1.807) is 0 Å². The highest BCUT2D eigenvalue weighted by Gasteiger charge is 2.31. The van der Waals surface area contributed by atoms with Crippen molar-refractivity contribution in [3.8, 4) is 23.0 Å². The summed E-state index contributed by atoms with van der Waals surface area (Å²) >= 11 is 0.